The lowest BCUT2D eigenvalue weighted by molar-refractivity contribution is 0.133. The summed E-state index contributed by atoms with van der Waals surface area (Å²) in [5, 5.41) is 10.1. The van der Waals surface area contributed by atoms with Crippen LogP contribution < -0.4 is 4.90 Å². The zero-order valence-corrected chi connectivity index (χ0v) is 20.0. The largest absolute Gasteiger partial charge is 0.380 e. The lowest BCUT2D eigenvalue weighted by Gasteiger charge is -2.32. The van der Waals surface area contributed by atoms with Gasteiger partial charge in [-0.3, -0.25) is 9.47 Å². The van der Waals surface area contributed by atoms with Crippen molar-refractivity contribution in [1.82, 2.24) is 24.6 Å². The van der Waals surface area contributed by atoms with Crippen molar-refractivity contribution in [2.45, 2.75) is 51.2 Å². The molecular formula is C25H28ClFN6O. The molecule has 0 amide bonds. The van der Waals surface area contributed by atoms with Crippen LogP contribution in [0.1, 0.15) is 48.1 Å². The van der Waals surface area contributed by atoms with Gasteiger partial charge in [-0.2, -0.15) is 0 Å². The number of rotatable bonds is 3. The Bertz CT molecular complexity index is 1200. The molecule has 7 nitrogen and oxygen atoms in total. The molecule has 1 aromatic carbocycles. The van der Waals surface area contributed by atoms with Crippen LogP contribution in [0.3, 0.4) is 0 Å². The number of fused-ring (bicyclic) bond motifs is 3. The predicted molar refractivity (Wildman–Crippen MR) is 128 cm³/mol. The van der Waals surface area contributed by atoms with E-state index in [1.807, 2.05) is 6.07 Å². The van der Waals surface area contributed by atoms with Gasteiger partial charge >= 0.3 is 0 Å². The van der Waals surface area contributed by atoms with Gasteiger partial charge in [0.15, 0.2) is 5.82 Å². The van der Waals surface area contributed by atoms with Crippen molar-refractivity contribution >= 4 is 17.4 Å². The van der Waals surface area contributed by atoms with Crippen molar-refractivity contribution in [2.75, 3.05) is 31.2 Å². The summed E-state index contributed by atoms with van der Waals surface area (Å²) in [7, 11) is 0. The van der Waals surface area contributed by atoms with E-state index in [4.69, 9.17) is 21.4 Å². The second-order valence-corrected chi connectivity index (χ2v) is 9.94. The van der Waals surface area contributed by atoms with Crippen molar-refractivity contribution < 1.29 is 9.13 Å². The van der Waals surface area contributed by atoms with Crippen LogP contribution in [-0.4, -0.2) is 57.0 Å². The van der Waals surface area contributed by atoms with Crippen molar-refractivity contribution in [3.05, 3.63) is 64.1 Å². The number of aryl methyl sites for hydroxylation is 1. The molecule has 2 aromatic heterocycles. The summed E-state index contributed by atoms with van der Waals surface area (Å²) in [6.45, 7) is 6.54. The van der Waals surface area contributed by atoms with Gasteiger partial charge in [0, 0.05) is 43.2 Å². The van der Waals surface area contributed by atoms with Crippen LogP contribution in [0.25, 0.3) is 5.69 Å². The van der Waals surface area contributed by atoms with E-state index in [-0.39, 0.29) is 5.82 Å². The molecule has 9 heteroatoms. The van der Waals surface area contributed by atoms with Crippen molar-refractivity contribution in [3.63, 3.8) is 0 Å². The molecule has 0 N–H and O–H groups in total. The van der Waals surface area contributed by atoms with Crippen LogP contribution in [0, 0.1) is 12.7 Å². The van der Waals surface area contributed by atoms with Gasteiger partial charge in [-0.15, -0.1) is 10.2 Å². The Morgan fingerprint density at radius 1 is 1.06 bits per heavy atom. The van der Waals surface area contributed by atoms with E-state index in [1.165, 1.54) is 11.6 Å². The third-order valence-corrected chi connectivity index (χ3v) is 7.60. The predicted octanol–water partition coefficient (Wildman–Crippen LogP) is 4.25. The number of hydrogen-bond acceptors (Lipinski definition) is 6. The third-order valence-electron chi connectivity index (χ3n) is 7.37. The van der Waals surface area contributed by atoms with Gasteiger partial charge in [0.25, 0.3) is 0 Å². The monoisotopic (exact) mass is 482 g/mol. The third kappa shape index (κ3) is 3.97. The highest BCUT2D eigenvalue weighted by Gasteiger charge is 2.33. The van der Waals surface area contributed by atoms with E-state index >= 15 is 0 Å². The highest BCUT2D eigenvalue weighted by molar-refractivity contribution is 6.30. The summed E-state index contributed by atoms with van der Waals surface area (Å²) in [4.78, 5) is 9.12. The SMILES string of the molecule is Cc1nc(N2CCC(c3nnc4n3-c3ccc(Cl)cc3CN([C@H]3CCOC3)C4)CC2)ccc1F. The Balaban J connectivity index is 1.29. The van der Waals surface area contributed by atoms with Gasteiger partial charge in [-0.25, -0.2) is 9.37 Å². The van der Waals surface area contributed by atoms with Crippen LogP contribution >= 0.6 is 11.6 Å². The quantitative estimate of drug-likeness (QED) is 0.556. The number of piperidine rings is 1. The number of halogens is 2. The molecule has 0 bridgehead atoms. The maximum absolute atomic E-state index is 13.7. The summed E-state index contributed by atoms with van der Waals surface area (Å²) in [5.74, 6) is 2.87. The highest BCUT2D eigenvalue weighted by atomic mass is 35.5. The zero-order chi connectivity index (χ0) is 23.2. The minimum atomic E-state index is -0.262. The Morgan fingerprint density at radius 3 is 2.68 bits per heavy atom. The smallest absolute Gasteiger partial charge is 0.151 e. The molecule has 0 radical (unpaired) electrons. The molecule has 2 saturated heterocycles. The van der Waals surface area contributed by atoms with E-state index in [2.05, 4.69) is 36.6 Å². The molecule has 2 fully saturated rings. The highest BCUT2D eigenvalue weighted by Crippen LogP contribution is 2.35. The van der Waals surface area contributed by atoms with Gasteiger partial charge < -0.3 is 9.64 Å². The molecule has 0 unspecified atom stereocenters. The Kier molecular flexibility index (Phi) is 5.75. The van der Waals surface area contributed by atoms with Crippen molar-refractivity contribution in [2.24, 2.45) is 0 Å². The lowest BCUT2D eigenvalue weighted by Crippen LogP contribution is -2.34. The number of benzene rings is 1. The Labute approximate surface area is 203 Å². The first-order valence-electron chi connectivity index (χ1n) is 12.0. The van der Waals surface area contributed by atoms with Crippen molar-refractivity contribution in [1.29, 1.82) is 0 Å². The van der Waals surface area contributed by atoms with Crippen LogP contribution in [0.4, 0.5) is 10.2 Å². The first-order valence-corrected chi connectivity index (χ1v) is 12.4. The average Bonchev–Trinajstić information content (AvgIpc) is 3.49. The minimum absolute atomic E-state index is 0.262. The number of hydrogen-bond donors (Lipinski definition) is 0. The molecule has 5 heterocycles. The van der Waals surface area contributed by atoms with Crippen LogP contribution in [0.15, 0.2) is 30.3 Å². The topological polar surface area (TPSA) is 59.3 Å². The first-order chi connectivity index (χ1) is 16.6. The number of pyridine rings is 1. The molecule has 34 heavy (non-hydrogen) atoms. The summed E-state index contributed by atoms with van der Waals surface area (Å²) in [6.07, 6.45) is 2.92. The maximum Gasteiger partial charge on any atom is 0.151 e. The fourth-order valence-corrected chi connectivity index (χ4v) is 5.65. The van der Waals surface area contributed by atoms with E-state index in [9.17, 15) is 4.39 Å². The minimum Gasteiger partial charge on any atom is -0.380 e. The van der Waals surface area contributed by atoms with Gasteiger partial charge in [-0.05, 0) is 62.1 Å². The Hall–Kier alpha value is -2.55. The summed E-state index contributed by atoms with van der Waals surface area (Å²) < 4.78 is 21.6. The fraction of sp³-hybridized carbons (Fsp3) is 0.480. The summed E-state index contributed by atoms with van der Waals surface area (Å²) >= 11 is 6.40. The van der Waals surface area contributed by atoms with Crippen LogP contribution in [0.2, 0.25) is 5.02 Å². The molecule has 3 aromatic rings. The number of nitrogens with zero attached hydrogens (tertiary/aromatic N) is 6. The molecule has 1 atom stereocenters. The molecule has 6 rings (SSSR count). The molecule has 3 aliphatic heterocycles. The van der Waals surface area contributed by atoms with E-state index in [1.54, 1.807) is 13.0 Å². The van der Waals surface area contributed by atoms with Gasteiger partial charge in [-0.1, -0.05) is 11.6 Å². The molecule has 3 aliphatic rings. The van der Waals surface area contributed by atoms with Crippen LogP contribution in [0.5, 0.6) is 0 Å². The molecule has 0 saturated carbocycles. The number of aromatic nitrogens is 4. The molecule has 178 valence electrons. The molecular weight excluding hydrogens is 455 g/mol. The maximum atomic E-state index is 13.7. The molecule has 0 spiro atoms. The average molecular weight is 483 g/mol. The van der Waals surface area contributed by atoms with E-state index in [0.29, 0.717) is 17.7 Å². The van der Waals surface area contributed by atoms with Gasteiger partial charge in [0.2, 0.25) is 0 Å². The molecule has 0 aliphatic carbocycles. The second kappa shape index (κ2) is 8.91. The zero-order valence-electron chi connectivity index (χ0n) is 19.3. The standard InChI is InChI=1S/C25H28ClFN6O/c1-16-21(27)3-5-23(28-16)31-9-6-17(7-10-31)25-30-29-24-14-32(20-8-11-34-15-20)13-18-12-19(26)2-4-22(18)33(24)25/h2-5,12,17,20H,6-11,13-15H2,1H3/t20-/m0/s1. The van der Waals surface area contributed by atoms with Crippen LogP contribution in [-0.2, 0) is 17.8 Å². The van der Waals surface area contributed by atoms with Gasteiger partial charge in [0.05, 0.1) is 24.5 Å². The summed E-state index contributed by atoms with van der Waals surface area (Å²) in [5.41, 5.74) is 2.76. The van der Waals surface area contributed by atoms with Gasteiger partial charge in [0.1, 0.15) is 17.5 Å². The number of ether oxygens (including phenoxy) is 1. The lowest BCUT2D eigenvalue weighted by atomic mass is 9.95. The summed E-state index contributed by atoms with van der Waals surface area (Å²) in [6, 6.07) is 9.78. The second-order valence-electron chi connectivity index (χ2n) is 9.50. The van der Waals surface area contributed by atoms with Crippen molar-refractivity contribution in [3.8, 4) is 5.69 Å². The first kappa shape index (κ1) is 21.9. The van der Waals surface area contributed by atoms with E-state index < -0.39 is 0 Å². The Morgan fingerprint density at radius 2 is 1.91 bits per heavy atom. The fourth-order valence-electron chi connectivity index (χ4n) is 5.46. The van der Waals surface area contributed by atoms with E-state index in [0.717, 1.165) is 86.8 Å². The number of anilines is 1. The normalized spacial score (nSPS) is 21.4.